The van der Waals surface area contributed by atoms with Crippen LogP contribution < -0.4 is 5.63 Å². The van der Waals surface area contributed by atoms with Crippen LogP contribution >= 0.6 is 0 Å². The smallest absolute Gasteiger partial charge is 0.336 e. The second kappa shape index (κ2) is 6.87. The first-order chi connectivity index (χ1) is 12.2. The first-order valence-corrected chi connectivity index (χ1v) is 10.4. The molecule has 0 spiro atoms. The minimum atomic E-state index is -3.15. The molecule has 0 bridgehead atoms. The van der Waals surface area contributed by atoms with Gasteiger partial charge in [0.1, 0.15) is 12.2 Å². The molecule has 1 aromatic heterocycles. The number of benzene rings is 1. The van der Waals surface area contributed by atoms with Crippen molar-refractivity contribution in [3.8, 4) is 0 Å². The Morgan fingerprint density at radius 2 is 2.04 bits per heavy atom. The maximum atomic E-state index is 12.2. The van der Waals surface area contributed by atoms with Crippen molar-refractivity contribution >= 4 is 26.8 Å². The van der Waals surface area contributed by atoms with E-state index in [9.17, 15) is 18.0 Å². The molecule has 2 heterocycles. The quantitative estimate of drug-likeness (QED) is 0.600. The molecule has 1 aliphatic heterocycles. The maximum absolute atomic E-state index is 12.2. The Hall–Kier alpha value is -2.15. The molecule has 0 saturated carbocycles. The third kappa shape index (κ3) is 3.82. The van der Waals surface area contributed by atoms with Crippen LogP contribution in [-0.2, 0) is 26.0 Å². The van der Waals surface area contributed by atoms with Crippen LogP contribution in [0.25, 0.3) is 11.0 Å². The van der Waals surface area contributed by atoms with Crippen LogP contribution in [0.5, 0.6) is 0 Å². The molecule has 1 aromatic carbocycles. The van der Waals surface area contributed by atoms with Crippen molar-refractivity contribution in [2.75, 3.05) is 11.5 Å². The van der Waals surface area contributed by atoms with E-state index in [0.29, 0.717) is 17.1 Å². The molecule has 26 heavy (non-hydrogen) atoms. The number of carbonyl (C=O) groups excluding carboxylic acids is 1. The summed E-state index contributed by atoms with van der Waals surface area (Å²) in [7, 11) is -3.15. The van der Waals surface area contributed by atoms with Crippen molar-refractivity contribution in [2.45, 2.75) is 39.7 Å². The summed E-state index contributed by atoms with van der Waals surface area (Å²) in [4.78, 5) is 24.0. The standard InChI is InChI=1S/C19H22O6S/c1-11(2)15-8-16-14(7-18(20)25-17(16)6-12(15)3)9-24-19(21)13-4-5-26(22,23)10-13/h6-8,11,13H,4-5,9-10H2,1-3H3/t13-/m1/s1. The molecule has 0 aliphatic carbocycles. The zero-order valence-electron chi connectivity index (χ0n) is 15.1. The van der Waals surface area contributed by atoms with Crippen LogP contribution in [0.4, 0.5) is 0 Å². The molecule has 0 amide bonds. The summed E-state index contributed by atoms with van der Waals surface area (Å²) in [5, 5.41) is 0.728. The van der Waals surface area contributed by atoms with E-state index in [0.717, 1.165) is 16.5 Å². The number of aryl methyl sites for hydroxylation is 1. The van der Waals surface area contributed by atoms with Gasteiger partial charge in [-0.15, -0.1) is 0 Å². The van der Waals surface area contributed by atoms with Gasteiger partial charge < -0.3 is 9.15 Å². The molecule has 6 nitrogen and oxygen atoms in total. The van der Waals surface area contributed by atoms with Gasteiger partial charge in [-0.3, -0.25) is 4.79 Å². The lowest BCUT2D eigenvalue weighted by Crippen LogP contribution is -2.19. The molecule has 7 heteroatoms. The Labute approximate surface area is 152 Å². The summed E-state index contributed by atoms with van der Waals surface area (Å²) in [6, 6.07) is 5.10. The first-order valence-electron chi connectivity index (χ1n) is 8.60. The number of hydrogen-bond donors (Lipinski definition) is 0. The van der Waals surface area contributed by atoms with E-state index in [2.05, 4.69) is 13.8 Å². The van der Waals surface area contributed by atoms with E-state index in [-0.39, 0.29) is 24.5 Å². The summed E-state index contributed by atoms with van der Waals surface area (Å²) in [5.74, 6) is -1.02. The van der Waals surface area contributed by atoms with Crippen molar-refractivity contribution in [3.63, 3.8) is 0 Å². The Balaban J connectivity index is 1.88. The summed E-state index contributed by atoms with van der Waals surface area (Å²) in [6.07, 6.45) is 0.287. The highest BCUT2D eigenvalue weighted by molar-refractivity contribution is 7.91. The predicted octanol–water partition coefficient (Wildman–Crippen LogP) is 2.70. The fourth-order valence-electron chi connectivity index (χ4n) is 3.38. The highest BCUT2D eigenvalue weighted by Crippen LogP contribution is 2.27. The third-order valence-electron chi connectivity index (χ3n) is 4.77. The van der Waals surface area contributed by atoms with Gasteiger partial charge >= 0.3 is 11.6 Å². The van der Waals surface area contributed by atoms with Crippen molar-refractivity contribution in [1.82, 2.24) is 0 Å². The van der Waals surface area contributed by atoms with Crippen LogP contribution in [0.1, 0.15) is 42.9 Å². The molecule has 0 unspecified atom stereocenters. The molecular weight excluding hydrogens is 356 g/mol. The fourth-order valence-corrected chi connectivity index (χ4v) is 5.11. The number of rotatable bonds is 4. The van der Waals surface area contributed by atoms with E-state index < -0.39 is 27.4 Å². The predicted molar refractivity (Wildman–Crippen MR) is 97.9 cm³/mol. The van der Waals surface area contributed by atoms with Crippen molar-refractivity contribution in [3.05, 3.63) is 45.3 Å². The van der Waals surface area contributed by atoms with Gasteiger partial charge in [-0.25, -0.2) is 13.2 Å². The zero-order valence-corrected chi connectivity index (χ0v) is 15.9. The van der Waals surface area contributed by atoms with Gasteiger partial charge in [-0.1, -0.05) is 13.8 Å². The Morgan fingerprint density at radius 1 is 1.31 bits per heavy atom. The van der Waals surface area contributed by atoms with Crippen molar-refractivity contribution in [1.29, 1.82) is 0 Å². The summed E-state index contributed by atoms with van der Waals surface area (Å²) >= 11 is 0. The van der Waals surface area contributed by atoms with Gasteiger partial charge in [0, 0.05) is 17.0 Å². The fraction of sp³-hybridized carbons (Fsp3) is 0.474. The Bertz CT molecular complexity index is 1020. The van der Waals surface area contributed by atoms with E-state index in [1.54, 1.807) is 0 Å². The first kappa shape index (κ1) is 18.6. The van der Waals surface area contributed by atoms with Crippen LogP contribution in [0, 0.1) is 12.8 Å². The molecule has 2 aromatic rings. The molecule has 3 rings (SSSR count). The lowest BCUT2D eigenvalue weighted by atomic mass is 9.95. The van der Waals surface area contributed by atoms with Gasteiger partial charge in [0.25, 0.3) is 0 Å². The molecule has 1 saturated heterocycles. The van der Waals surface area contributed by atoms with Crippen LogP contribution in [0.3, 0.4) is 0 Å². The highest BCUT2D eigenvalue weighted by Gasteiger charge is 2.34. The second-order valence-corrected chi connectivity index (χ2v) is 9.39. The van der Waals surface area contributed by atoms with Crippen molar-refractivity contribution in [2.24, 2.45) is 5.92 Å². The Kier molecular flexibility index (Phi) is 4.92. The number of fused-ring (bicyclic) bond motifs is 1. The second-order valence-electron chi connectivity index (χ2n) is 7.16. The van der Waals surface area contributed by atoms with Crippen molar-refractivity contribution < 1.29 is 22.4 Å². The molecule has 140 valence electrons. The number of esters is 1. The normalized spacial score (nSPS) is 19.2. The minimum Gasteiger partial charge on any atom is -0.461 e. The third-order valence-corrected chi connectivity index (χ3v) is 6.54. The monoisotopic (exact) mass is 378 g/mol. The molecule has 1 fully saturated rings. The average molecular weight is 378 g/mol. The van der Waals surface area contributed by atoms with Gasteiger partial charge in [0.05, 0.1) is 17.4 Å². The van der Waals surface area contributed by atoms with E-state index in [1.807, 2.05) is 19.1 Å². The lowest BCUT2D eigenvalue weighted by molar-refractivity contribution is -0.148. The topological polar surface area (TPSA) is 90.7 Å². The Morgan fingerprint density at radius 3 is 2.65 bits per heavy atom. The maximum Gasteiger partial charge on any atom is 0.336 e. The zero-order chi connectivity index (χ0) is 19.1. The van der Waals surface area contributed by atoms with E-state index >= 15 is 0 Å². The molecule has 1 aliphatic rings. The van der Waals surface area contributed by atoms with Gasteiger partial charge in [0.2, 0.25) is 0 Å². The lowest BCUT2D eigenvalue weighted by Gasteiger charge is -2.14. The van der Waals surface area contributed by atoms with Crippen LogP contribution in [0.2, 0.25) is 0 Å². The molecule has 0 N–H and O–H groups in total. The number of hydrogen-bond acceptors (Lipinski definition) is 6. The molecule has 0 radical (unpaired) electrons. The average Bonchev–Trinajstić information content (AvgIpc) is 2.91. The minimum absolute atomic E-state index is 0.0155. The van der Waals surface area contributed by atoms with Gasteiger partial charge in [-0.2, -0.15) is 0 Å². The van der Waals surface area contributed by atoms with E-state index in [1.165, 1.54) is 6.07 Å². The highest BCUT2D eigenvalue weighted by atomic mass is 32.2. The van der Waals surface area contributed by atoms with Crippen LogP contribution in [0.15, 0.2) is 27.4 Å². The van der Waals surface area contributed by atoms with E-state index in [4.69, 9.17) is 9.15 Å². The van der Waals surface area contributed by atoms with Gasteiger partial charge in [-0.05, 0) is 42.5 Å². The van der Waals surface area contributed by atoms with Crippen LogP contribution in [-0.4, -0.2) is 25.9 Å². The number of carbonyl (C=O) groups is 1. The largest absolute Gasteiger partial charge is 0.461 e. The summed E-state index contributed by atoms with van der Waals surface area (Å²) in [6.45, 7) is 6.03. The summed E-state index contributed by atoms with van der Waals surface area (Å²) in [5.41, 5.74) is 2.66. The SMILES string of the molecule is Cc1cc2oc(=O)cc(COC(=O)[C@@H]3CCS(=O)(=O)C3)c2cc1C(C)C. The number of sulfone groups is 1. The molecular formula is C19H22O6S. The molecule has 1 atom stereocenters. The summed E-state index contributed by atoms with van der Waals surface area (Å²) < 4.78 is 33.6. The van der Waals surface area contributed by atoms with Gasteiger partial charge in [0.15, 0.2) is 9.84 Å². The number of ether oxygens (including phenoxy) is 1.